The first kappa shape index (κ1) is 19.8. The molecule has 2 amide bonds. The molecule has 2 heterocycles. The van der Waals surface area contributed by atoms with Crippen molar-refractivity contribution in [2.75, 3.05) is 18.0 Å². The molecule has 0 radical (unpaired) electrons. The number of amides is 2. The molecule has 0 spiro atoms. The fourth-order valence-corrected chi connectivity index (χ4v) is 4.35. The largest absolute Gasteiger partial charge is 0.369 e. The maximum Gasteiger partial charge on any atom is 0.234 e. The van der Waals surface area contributed by atoms with E-state index < -0.39 is 11.7 Å². The molecular weight excluding hydrogens is 398 g/mol. The highest BCUT2D eigenvalue weighted by atomic mass is 35.5. The van der Waals surface area contributed by atoms with Crippen LogP contribution in [0.2, 0.25) is 5.02 Å². The summed E-state index contributed by atoms with van der Waals surface area (Å²) in [6.07, 6.45) is 2.23. The molecule has 1 unspecified atom stereocenters. The van der Waals surface area contributed by atoms with Crippen molar-refractivity contribution in [1.29, 1.82) is 0 Å². The minimum atomic E-state index is -0.498. The quantitative estimate of drug-likeness (QED) is 0.745. The zero-order chi connectivity index (χ0) is 20.5. The normalized spacial score (nSPS) is 20.7. The van der Waals surface area contributed by atoms with E-state index in [2.05, 4.69) is 5.32 Å². The zero-order valence-electron chi connectivity index (χ0n) is 15.8. The van der Waals surface area contributed by atoms with E-state index in [1.54, 1.807) is 18.2 Å². The standard InChI is InChI=1S/C22H21ClF2N2O2/c23-17-4-1-14(11-18(17)24)13-7-9-27(10-8-13)20-5-2-15(12-19(20)25)16-3-6-21(28)26-22(16)29/h1-2,4-5,11-13,16H,3,6-10H2,(H,26,28,29). The Morgan fingerprint density at radius 1 is 0.931 bits per heavy atom. The Hall–Kier alpha value is -2.47. The molecule has 1 N–H and O–H groups in total. The summed E-state index contributed by atoms with van der Waals surface area (Å²) < 4.78 is 28.5. The molecule has 0 saturated carbocycles. The van der Waals surface area contributed by atoms with Gasteiger partial charge in [-0.3, -0.25) is 14.9 Å². The molecule has 29 heavy (non-hydrogen) atoms. The van der Waals surface area contributed by atoms with Crippen molar-refractivity contribution >= 4 is 29.1 Å². The van der Waals surface area contributed by atoms with Crippen LogP contribution in [0.15, 0.2) is 36.4 Å². The van der Waals surface area contributed by atoms with Gasteiger partial charge in [-0.1, -0.05) is 23.7 Å². The molecule has 7 heteroatoms. The Morgan fingerprint density at radius 3 is 2.28 bits per heavy atom. The van der Waals surface area contributed by atoms with E-state index in [1.807, 2.05) is 11.0 Å². The number of rotatable bonds is 3. The number of nitrogens with zero attached hydrogens (tertiary/aromatic N) is 1. The second kappa shape index (κ2) is 8.11. The summed E-state index contributed by atoms with van der Waals surface area (Å²) in [5.41, 5.74) is 2.00. The molecule has 0 bridgehead atoms. The average Bonchev–Trinajstić information content (AvgIpc) is 2.70. The van der Waals surface area contributed by atoms with Gasteiger partial charge in [0.05, 0.1) is 16.6 Å². The van der Waals surface area contributed by atoms with Crippen LogP contribution in [0, 0.1) is 11.6 Å². The Labute approximate surface area is 172 Å². The van der Waals surface area contributed by atoms with E-state index in [9.17, 15) is 18.4 Å². The number of benzene rings is 2. The van der Waals surface area contributed by atoms with Crippen LogP contribution in [0.4, 0.5) is 14.5 Å². The van der Waals surface area contributed by atoms with Gasteiger partial charge < -0.3 is 4.90 Å². The number of anilines is 1. The highest BCUT2D eigenvalue weighted by molar-refractivity contribution is 6.30. The van der Waals surface area contributed by atoms with Gasteiger partial charge in [0, 0.05) is 19.5 Å². The van der Waals surface area contributed by atoms with E-state index in [1.165, 1.54) is 12.1 Å². The molecule has 1 atom stereocenters. The van der Waals surface area contributed by atoms with Crippen LogP contribution < -0.4 is 10.2 Å². The summed E-state index contributed by atoms with van der Waals surface area (Å²) in [4.78, 5) is 25.3. The molecule has 4 rings (SSSR count). The first-order chi connectivity index (χ1) is 13.9. The van der Waals surface area contributed by atoms with E-state index in [-0.39, 0.29) is 35.0 Å². The third-order valence-corrected chi connectivity index (χ3v) is 6.17. The summed E-state index contributed by atoms with van der Waals surface area (Å²) in [5.74, 6) is -1.73. The lowest BCUT2D eigenvalue weighted by Gasteiger charge is -2.34. The van der Waals surface area contributed by atoms with Gasteiger partial charge >= 0.3 is 0 Å². The van der Waals surface area contributed by atoms with Gasteiger partial charge in [-0.15, -0.1) is 0 Å². The SMILES string of the molecule is O=C1CCC(c2ccc(N3CCC(c4ccc(Cl)c(F)c4)CC3)c(F)c2)C(=O)N1. The lowest BCUT2D eigenvalue weighted by atomic mass is 9.88. The highest BCUT2D eigenvalue weighted by Crippen LogP contribution is 2.34. The van der Waals surface area contributed by atoms with Crippen molar-refractivity contribution in [1.82, 2.24) is 5.32 Å². The highest BCUT2D eigenvalue weighted by Gasteiger charge is 2.29. The molecule has 2 aliphatic rings. The van der Waals surface area contributed by atoms with Gasteiger partial charge in [0.15, 0.2) is 0 Å². The zero-order valence-corrected chi connectivity index (χ0v) is 16.5. The van der Waals surface area contributed by atoms with Crippen molar-refractivity contribution in [2.24, 2.45) is 0 Å². The van der Waals surface area contributed by atoms with Crippen molar-refractivity contribution in [3.05, 3.63) is 64.2 Å². The topological polar surface area (TPSA) is 49.4 Å². The number of halogens is 3. The smallest absolute Gasteiger partial charge is 0.234 e. The Kier molecular flexibility index (Phi) is 5.54. The van der Waals surface area contributed by atoms with Crippen molar-refractivity contribution in [3.8, 4) is 0 Å². The Morgan fingerprint density at radius 2 is 1.62 bits per heavy atom. The van der Waals surface area contributed by atoms with Crippen LogP contribution in [0.3, 0.4) is 0 Å². The average molecular weight is 419 g/mol. The monoisotopic (exact) mass is 418 g/mol. The molecular formula is C22H21ClF2N2O2. The molecule has 0 aromatic heterocycles. The maximum atomic E-state index is 14.8. The number of carbonyl (C=O) groups excluding carboxylic acids is 2. The number of hydrogen-bond acceptors (Lipinski definition) is 3. The van der Waals surface area contributed by atoms with Crippen LogP contribution in [-0.4, -0.2) is 24.9 Å². The molecule has 0 aliphatic carbocycles. The molecule has 152 valence electrons. The molecule has 2 saturated heterocycles. The van der Waals surface area contributed by atoms with Crippen LogP contribution in [-0.2, 0) is 9.59 Å². The molecule has 4 nitrogen and oxygen atoms in total. The van der Waals surface area contributed by atoms with Crippen molar-refractivity contribution in [2.45, 2.75) is 37.5 Å². The Bertz CT molecular complexity index is 958. The van der Waals surface area contributed by atoms with Gasteiger partial charge in [-0.25, -0.2) is 8.78 Å². The second-order valence-electron chi connectivity index (χ2n) is 7.65. The van der Waals surface area contributed by atoms with Gasteiger partial charge in [0.25, 0.3) is 0 Å². The second-order valence-corrected chi connectivity index (χ2v) is 8.06. The maximum absolute atomic E-state index is 14.8. The fraction of sp³-hybridized carbons (Fsp3) is 0.364. The van der Waals surface area contributed by atoms with Crippen molar-refractivity contribution < 1.29 is 18.4 Å². The summed E-state index contributed by atoms with van der Waals surface area (Å²) >= 11 is 5.76. The summed E-state index contributed by atoms with van der Waals surface area (Å²) in [5, 5.41) is 2.42. The van der Waals surface area contributed by atoms with E-state index >= 15 is 0 Å². The van der Waals surface area contributed by atoms with Gasteiger partial charge in [-0.05, 0) is 60.6 Å². The fourth-order valence-electron chi connectivity index (χ4n) is 4.23. The third kappa shape index (κ3) is 4.13. The molecule has 2 aliphatic heterocycles. The van der Waals surface area contributed by atoms with Crippen LogP contribution in [0.1, 0.15) is 48.6 Å². The predicted octanol–water partition coefficient (Wildman–Crippen LogP) is 4.52. The lowest BCUT2D eigenvalue weighted by Crippen LogP contribution is -2.39. The third-order valence-electron chi connectivity index (χ3n) is 5.86. The van der Waals surface area contributed by atoms with Crippen LogP contribution in [0.5, 0.6) is 0 Å². The van der Waals surface area contributed by atoms with Gasteiger partial charge in [0.2, 0.25) is 11.8 Å². The predicted molar refractivity (Wildman–Crippen MR) is 107 cm³/mol. The number of nitrogens with one attached hydrogen (secondary N) is 1. The first-order valence-electron chi connectivity index (χ1n) is 9.75. The number of carbonyl (C=O) groups is 2. The van der Waals surface area contributed by atoms with Gasteiger partial charge in [-0.2, -0.15) is 0 Å². The molecule has 2 aromatic carbocycles. The molecule has 2 fully saturated rings. The van der Waals surface area contributed by atoms with Crippen molar-refractivity contribution in [3.63, 3.8) is 0 Å². The van der Waals surface area contributed by atoms with E-state index in [0.29, 0.717) is 30.8 Å². The van der Waals surface area contributed by atoms with E-state index in [4.69, 9.17) is 11.6 Å². The summed E-state index contributed by atoms with van der Waals surface area (Å²) in [6.45, 7) is 1.31. The minimum Gasteiger partial charge on any atom is -0.369 e. The summed E-state index contributed by atoms with van der Waals surface area (Å²) in [6, 6.07) is 9.77. The number of imide groups is 1. The van der Waals surface area contributed by atoms with Gasteiger partial charge in [0.1, 0.15) is 11.6 Å². The molecule has 2 aromatic rings. The lowest BCUT2D eigenvalue weighted by molar-refractivity contribution is -0.134. The number of hydrogen-bond donors (Lipinski definition) is 1. The first-order valence-corrected chi connectivity index (χ1v) is 10.1. The minimum absolute atomic E-state index is 0.115. The van der Waals surface area contributed by atoms with Crippen LogP contribution >= 0.6 is 11.6 Å². The summed E-state index contributed by atoms with van der Waals surface area (Å²) in [7, 11) is 0. The number of piperidine rings is 2. The van der Waals surface area contributed by atoms with E-state index in [0.717, 1.165) is 18.4 Å². The van der Waals surface area contributed by atoms with Crippen LogP contribution in [0.25, 0.3) is 0 Å². The Balaban J connectivity index is 1.44.